The second kappa shape index (κ2) is 13.0. The van der Waals surface area contributed by atoms with Crippen molar-refractivity contribution in [2.45, 2.75) is 71.6 Å². The van der Waals surface area contributed by atoms with Gasteiger partial charge < -0.3 is 26.0 Å². The first-order valence-electron chi connectivity index (χ1n) is 13.4. The Morgan fingerprint density at radius 1 is 1.08 bits per heavy atom. The first kappa shape index (κ1) is 28.6. The molecular weight excluding hydrogens is 468 g/mol. The van der Waals surface area contributed by atoms with E-state index in [2.05, 4.69) is 16.0 Å². The Bertz CT molecular complexity index is 1080. The van der Waals surface area contributed by atoms with Crippen molar-refractivity contribution in [1.29, 1.82) is 0 Å². The fraction of sp³-hybridized carbons (Fsp3) is 0.552. The SMILES string of the molecule is CCCNCC(O)CNC(=O)C(Cc1ccc2ccccc2c1)NC(=O)C1CCCN1C(=O)C(C)(C)C. The number of nitrogens with one attached hydrogen (secondary N) is 3. The van der Waals surface area contributed by atoms with Gasteiger partial charge in [-0.15, -0.1) is 0 Å². The second-order valence-corrected chi connectivity index (χ2v) is 11.0. The Morgan fingerprint density at radius 2 is 1.81 bits per heavy atom. The van der Waals surface area contributed by atoms with E-state index in [0.717, 1.165) is 35.7 Å². The number of aliphatic hydroxyl groups excluding tert-OH is 1. The van der Waals surface area contributed by atoms with Gasteiger partial charge in [0.2, 0.25) is 17.7 Å². The number of carbonyl (C=O) groups is 3. The standard InChI is InChI=1S/C29H42N4O4/c1-5-14-30-18-23(34)19-31-26(35)24(17-20-12-13-21-9-6-7-10-22(21)16-20)32-27(36)25-11-8-15-33(25)28(37)29(2,3)4/h6-7,9-10,12-13,16,23-25,30,34H,5,8,11,14-15,17-19H2,1-4H3,(H,31,35)(H,32,36). The molecule has 3 rings (SSSR count). The zero-order valence-electron chi connectivity index (χ0n) is 22.5. The van der Waals surface area contributed by atoms with Gasteiger partial charge in [-0.05, 0) is 42.1 Å². The molecule has 1 aliphatic rings. The van der Waals surface area contributed by atoms with Crippen LogP contribution in [0.25, 0.3) is 10.8 Å². The predicted molar refractivity (Wildman–Crippen MR) is 146 cm³/mol. The van der Waals surface area contributed by atoms with Gasteiger partial charge in [0.25, 0.3) is 0 Å². The number of rotatable bonds is 11. The molecule has 2 aromatic carbocycles. The van der Waals surface area contributed by atoms with Crippen LogP contribution >= 0.6 is 0 Å². The highest BCUT2D eigenvalue weighted by Gasteiger charge is 2.39. The van der Waals surface area contributed by atoms with Crippen molar-refractivity contribution >= 4 is 28.5 Å². The van der Waals surface area contributed by atoms with Crippen LogP contribution in [0.15, 0.2) is 42.5 Å². The van der Waals surface area contributed by atoms with Crippen molar-refractivity contribution in [3.05, 3.63) is 48.0 Å². The highest BCUT2D eigenvalue weighted by atomic mass is 16.3. The summed E-state index contributed by atoms with van der Waals surface area (Å²) in [7, 11) is 0. The average Bonchev–Trinajstić information content (AvgIpc) is 3.36. The molecule has 3 unspecified atom stereocenters. The van der Waals surface area contributed by atoms with E-state index >= 15 is 0 Å². The summed E-state index contributed by atoms with van der Waals surface area (Å²) < 4.78 is 0. The van der Waals surface area contributed by atoms with Crippen molar-refractivity contribution < 1.29 is 19.5 Å². The molecular formula is C29H42N4O4. The lowest BCUT2D eigenvalue weighted by atomic mass is 9.94. The summed E-state index contributed by atoms with van der Waals surface area (Å²) in [5.74, 6) is -0.743. The fourth-order valence-corrected chi connectivity index (χ4v) is 4.65. The van der Waals surface area contributed by atoms with Gasteiger partial charge in [-0.3, -0.25) is 14.4 Å². The van der Waals surface area contributed by atoms with E-state index in [0.29, 0.717) is 25.9 Å². The van der Waals surface area contributed by atoms with Crippen LogP contribution in [-0.2, 0) is 20.8 Å². The molecule has 8 nitrogen and oxygen atoms in total. The van der Waals surface area contributed by atoms with Crippen molar-refractivity contribution in [3.63, 3.8) is 0 Å². The minimum atomic E-state index is -0.836. The third kappa shape index (κ3) is 8.01. The molecule has 3 amide bonds. The molecule has 0 aromatic heterocycles. The number of hydrogen-bond acceptors (Lipinski definition) is 5. The van der Waals surface area contributed by atoms with Crippen LogP contribution in [0.3, 0.4) is 0 Å². The van der Waals surface area contributed by atoms with Gasteiger partial charge >= 0.3 is 0 Å². The molecule has 202 valence electrons. The molecule has 2 aromatic rings. The Balaban J connectivity index is 1.74. The number of hydrogen-bond donors (Lipinski definition) is 4. The van der Waals surface area contributed by atoms with E-state index in [-0.39, 0.29) is 24.3 Å². The summed E-state index contributed by atoms with van der Waals surface area (Å²) in [6, 6.07) is 12.5. The molecule has 0 saturated carbocycles. The molecule has 0 bridgehead atoms. The van der Waals surface area contributed by atoms with Crippen LogP contribution in [0.5, 0.6) is 0 Å². The molecule has 1 aliphatic heterocycles. The fourth-order valence-electron chi connectivity index (χ4n) is 4.65. The first-order valence-corrected chi connectivity index (χ1v) is 13.4. The quantitative estimate of drug-likeness (QED) is 0.347. The molecule has 0 radical (unpaired) electrons. The lowest BCUT2D eigenvalue weighted by Crippen LogP contribution is -2.55. The predicted octanol–water partition coefficient (Wildman–Crippen LogP) is 2.38. The third-order valence-electron chi connectivity index (χ3n) is 6.66. The van der Waals surface area contributed by atoms with Crippen LogP contribution in [0.1, 0.15) is 52.5 Å². The van der Waals surface area contributed by atoms with Gasteiger partial charge in [-0.1, -0.05) is 70.2 Å². The number of amides is 3. The maximum Gasteiger partial charge on any atom is 0.243 e. The smallest absolute Gasteiger partial charge is 0.243 e. The molecule has 0 spiro atoms. The highest BCUT2D eigenvalue weighted by Crippen LogP contribution is 2.26. The minimum Gasteiger partial charge on any atom is -0.390 e. The van der Waals surface area contributed by atoms with E-state index < -0.39 is 23.6 Å². The number of aliphatic hydroxyl groups is 1. The third-order valence-corrected chi connectivity index (χ3v) is 6.66. The lowest BCUT2D eigenvalue weighted by Gasteiger charge is -2.31. The van der Waals surface area contributed by atoms with Crippen molar-refractivity contribution in [1.82, 2.24) is 20.9 Å². The average molecular weight is 511 g/mol. The molecule has 1 saturated heterocycles. The maximum atomic E-state index is 13.4. The van der Waals surface area contributed by atoms with Crippen molar-refractivity contribution in [3.8, 4) is 0 Å². The maximum absolute atomic E-state index is 13.4. The zero-order valence-corrected chi connectivity index (χ0v) is 22.5. The number of nitrogens with zero attached hydrogens (tertiary/aromatic N) is 1. The lowest BCUT2D eigenvalue weighted by molar-refractivity contribution is -0.145. The normalized spacial score (nSPS) is 17.4. The van der Waals surface area contributed by atoms with Gasteiger partial charge in [0.1, 0.15) is 12.1 Å². The minimum absolute atomic E-state index is 0.0663. The van der Waals surface area contributed by atoms with Crippen LogP contribution < -0.4 is 16.0 Å². The van der Waals surface area contributed by atoms with E-state index in [1.165, 1.54) is 0 Å². The number of carbonyl (C=O) groups excluding carboxylic acids is 3. The van der Waals surface area contributed by atoms with Crippen molar-refractivity contribution in [2.24, 2.45) is 5.41 Å². The van der Waals surface area contributed by atoms with Gasteiger partial charge in [0.15, 0.2) is 0 Å². The highest BCUT2D eigenvalue weighted by molar-refractivity contribution is 5.93. The van der Waals surface area contributed by atoms with Crippen LogP contribution in [-0.4, -0.2) is 72.1 Å². The van der Waals surface area contributed by atoms with Crippen LogP contribution in [0.4, 0.5) is 0 Å². The van der Waals surface area contributed by atoms with E-state index in [1.807, 2.05) is 70.2 Å². The molecule has 37 heavy (non-hydrogen) atoms. The van der Waals surface area contributed by atoms with Crippen LogP contribution in [0, 0.1) is 5.41 Å². The van der Waals surface area contributed by atoms with E-state index in [4.69, 9.17) is 0 Å². The van der Waals surface area contributed by atoms with E-state index in [9.17, 15) is 19.5 Å². The number of fused-ring (bicyclic) bond motifs is 1. The number of likely N-dealkylation sites (tertiary alicyclic amines) is 1. The summed E-state index contributed by atoms with van der Waals surface area (Å²) in [5.41, 5.74) is 0.325. The largest absolute Gasteiger partial charge is 0.390 e. The summed E-state index contributed by atoms with van der Waals surface area (Å²) >= 11 is 0. The molecule has 1 fully saturated rings. The summed E-state index contributed by atoms with van der Waals surface area (Å²) in [6.45, 7) is 9.36. The Morgan fingerprint density at radius 3 is 2.51 bits per heavy atom. The van der Waals surface area contributed by atoms with Gasteiger partial charge in [0.05, 0.1) is 6.10 Å². The summed E-state index contributed by atoms with van der Waals surface area (Å²) in [5, 5.41) is 21.2. The molecule has 8 heteroatoms. The summed E-state index contributed by atoms with van der Waals surface area (Å²) in [6.07, 6.45) is 1.83. The Kier molecular flexibility index (Phi) is 10.1. The molecule has 1 heterocycles. The Hall–Kier alpha value is -2.97. The summed E-state index contributed by atoms with van der Waals surface area (Å²) in [4.78, 5) is 41.2. The molecule has 0 aliphatic carbocycles. The van der Waals surface area contributed by atoms with Crippen LogP contribution in [0.2, 0.25) is 0 Å². The van der Waals surface area contributed by atoms with Crippen molar-refractivity contribution in [2.75, 3.05) is 26.2 Å². The molecule has 4 N–H and O–H groups in total. The second-order valence-electron chi connectivity index (χ2n) is 11.0. The monoisotopic (exact) mass is 510 g/mol. The van der Waals surface area contributed by atoms with Gasteiger partial charge in [0, 0.05) is 31.5 Å². The van der Waals surface area contributed by atoms with Gasteiger partial charge in [-0.2, -0.15) is 0 Å². The van der Waals surface area contributed by atoms with E-state index in [1.54, 1.807) is 4.90 Å². The van der Waals surface area contributed by atoms with Gasteiger partial charge in [-0.25, -0.2) is 0 Å². The molecule has 3 atom stereocenters. The first-order chi connectivity index (χ1) is 17.6. The zero-order chi connectivity index (χ0) is 27.0. The topological polar surface area (TPSA) is 111 Å². The number of benzene rings is 2. The Labute approximate surface area is 220 Å².